The van der Waals surface area contributed by atoms with Gasteiger partial charge in [-0.1, -0.05) is 48.1 Å². The van der Waals surface area contributed by atoms with Crippen molar-refractivity contribution in [3.8, 4) is 0 Å². The van der Waals surface area contributed by atoms with Gasteiger partial charge in [0.15, 0.2) is 0 Å². The number of rotatable bonds is 10. The first-order chi connectivity index (χ1) is 12.8. The molecule has 0 heterocycles. The van der Waals surface area contributed by atoms with E-state index in [-0.39, 0.29) is 35.9 Å². The first-order valence-corrected chi connectivity index (χ1v) is 10.5. The summed E-state index contributed by atoms with van der Waals surface area (Å²) in [6, 6.07) is 0. The minimum absolute atomic E-state index is 0.0478. The molecular weight excluding hydrogens is 368 g/mol. The molecule has 0 radical (unpaired) electrons. The standard InChI is InChI=1S/C24H44O5/c1-17(2)19(25)29-24(11,12)16-28-23(9,10)13-14-27-20(26)18(22(6,7)8)15-21(3,4)5/h18H,1,13-16H2,2-12H3. The summed E-state index contributed by atoms with van der Waals surface area (Å²) in [6.45, 7) is 25.8. The lowest BCUT2D eigenvalue weighted by molar-refractivity contribution is -0.167. The summed E-state index contributed by atoms with van der Waals surface area (Å²) in [5.74, 6) is -0.747. The van der Waals surface area contributed by atoms with Crippen molar-refractivity contribution in [2.24, 2.45) is 16.7 Å². The van der Waals surface area contributed by atoms with E-state index in [0.717, 1.165) is 6.42 Å². The summed E-state index contributed by atoms with van der Waals surface area (Å²) in [6.07, 6.45) is 1.33. The average molecular weight is 413 g/mol. The van der Waals surface area contributed by atoms with Gasteiger partial charge < -0.3 is 14.2 Å². The first-order valence-electron chi connectivity index (χ1n) is 10.5. The second kappa shape index (κ2) is 10.1. The number of carbonyl (C=O) groups is 2. The van der Waals surface area contributed by atoms with Crippen molar-refractivity contribution in [2.75, 3.05) is 13.2 Å². The number of esters is 2. The summed E-state index contributed by atoms with van der Waals surface area (Å²) in [4.78, 5) is 24.5. The van der Waals surface area contributed by atoms with E-state index >= 15 is 0 Å². The minimum Gasteiger partial charge on any atom is -0.465 e. The van der Waals surface area contributed by atoms with Gasteiger partial charge in [0, 0.05) is 12.0 Å². The molecule has 0 aromatic carbocycles. The molecule has 0 aliphatic carbocycles. The molecule has 5 heteroatoms. The van der Waals surface area contributed by atoms with Crippen molar-refractivity contribution in [3.05, 3.63) is 12.2 Å². The molecule has 0 bridgehead atoms. The van der Waals surface area contributed by atoms with Crippen LogP contribution >= 0.6 is 0 Å². The number of hydrogen-bond donors (Lipinski definition) is 0. The molecule has 1 atom stereocenters. The third-order valence-electron chi connectivity index (χ3n) is 4.62. The van der Waals surface area contributed by atoms with E-state index < -0.39 is 17.2 Å². The van der Waals surface area contributed by atoms with Crippen LogP contribution in [0.4, 0.5) is 0 Å². The van der Waals surface area contributed by atoms with Crippen LogP contribution in [0.1, 0.15) is 89.0 Å². The summed E-state index contributed by atoms with van der Waals surface area (Å²) < 4.78 is 17.0. The number of carbonyl (C=O) groups excluding carboxylic acids is 2. The van der Waals surface area contributed by atoms with Crippen LogP contribution in [-0.2, 0) is 23.8 Å². The van der Waals surface area contributed by atoms with Gasteiger partial charge in [-0.25, -0.2) is 4.79 Å². The van der Waals surface area contributed by atoms with Crippen LogP contribution < -0.4 is 0 Å². The summed E-state index contributed by atoms with van der Waals surface area (Å²) in [5, 5.41) is 0. The maximum absolute atomic E-state index is 12.7. The van der Waals surface area contributed by atoms with Gasteiger partial charge in [0.25, 0.3) is 0 Å². The Labute approximate surface area is 178 Å². The normalized spacial score (nSPS) is 14.3. The Bertz CT molecular complexity index is 573. The third-order valence-corrected chi connectivity index (χ3v) is 4.62. The molecule has 0 spiro atoms. The van der Waals surface area contributed by atoms with Crippen LogP contribution in [0.15, 0.2) is 12.2 Å². The fourth-order valence-corrected chi connectivity index (χ4v) is 2.66. The highest BCUT2D eigenvalue weighted by Gasteiger charge is 2.36. The summed E-state index contributed by atoms with van der Waals surface area (Å²) >= 11 is 0. The molecule has 0 saturated carbocycles. The quantitative estimate of drug-likeness (QED) is 0.340. The second-order valence-electron chi connectivity index (χ2n) is 11.6. The van der Waals surface area contributed by atoms with E-state index in [4.69, 9.17) is 14.2 Å². The van der Waals surface area contributed by atoms with Crippen molar-refractivity contribution in [1.82, 2.24) is 0 Å². The molecule has 5 nitrogen and oxygen atoms in total. The number of hydrogen-bond acceptors (Lipinski definition) is 5. The Morgan fingerprint density at radius 1 is 0.897 bits per heavy atom. The molecule has 29 heavy (non-hydrogen) atoms. The first kappa shape index (κ1) is 27.6. The average Bonchev–Trinajstić information content (AvgIpc) is 2.48. The van der Waals surface area contributed by atoms with Crippen molar-refractivity contribution >= 4 is 11.9 Å². The zero-order valence-electron chi connectivity index (χ0n) is 20.7. The van der Waals surface area contributed by atoms with Crippen molar-refractivity contribution in [3.63, 3.8) is 0 Å². The number of ether oxygens (including phenoxy) is 3. The molecule has 170 valence electrons. The van der Waals surface area contributed by atoms with Gasteiger partial charge in [0.1, 0.15) is 5.60 Å². The predicted octanol–water partition coefficient (Wildman–Crippen LogP) is 5.71. The molecule has 0 aromatic rings. The largest absolute Gasteiger partial charge is 0.465 e. The summed E-state index contributed by atoms with van der Waals surface area (Å²) in [5.41, 5.74) is -1.05. The lowest BCUT2D eigenvalue weighted by Crippen LogP contribution is -2.39. The molecule has 0 aliphatic rings. The molecule has 0 rings (SSSR count). The molecule has 0 fully saturated rings. The van der Waals surface area contributed by atoms with E-state index in [1.165, 1.54) is 0 Å². The maximum Gasteiger partial charge on any atom is 0.333 e. The minimum atomic E-state index is -0.770. The smallest absolute Gasteiger partial charge is 0.333 e. The van der Waals surface area contributed by atoms with E-state index in [1.54, 1.807) is 20.8 Å². The molecule has 0 aromatic heterocycles. The van der Waals surface area contributed by atoms with E-state index in [1.807, 2.05) is 13.8 Å². The highest BCUT2D eigenvalue weighted by molar-refractivity contribution is 5.87. The Kier molecular flexibility index (Phi) is 9.63. The van der Waals surface area contributed by atoms with Crippen LogP contribution in [0, 0.1) is 16.7 Å². The SMILES string of the molecule is C=C(C)C(=O)OC(C)(C)COC(C)(C)CCOC(=O)C(CC(C)(C)C)C(C)(C)C. The van der Waals surface area contributed by atoms with Crippen molar-refractivity contribution < 1.29 is 23.8 Å². The Balaban J connectivity index is 4.70. The van der Waals surface area contributed by atoms with Gasteiger partial charge in [0.2, 0.25) is 0 Å². The highest BCUT2D eigenvalue weighted by Crippen LogP contribution is 2.37. The fourth-order valence-electron chi connectivity index (χ4n) is 2.66. The molecule has 0 saturated heterocycles. The van der Waals surface area contributed by atoms with Gasteiger partial charge in [-0.3, -0.25) is 4.79 Å². The van der Waals surface area contributed by atoms with Crippen molar-refractivity contribution in [2.45, 2.75) is 100 Å². The third kappa shape index (κ3) is 12.0. The zero-order chi connectivity index (χ0) is 23.3. The zero-order valence-corrected chi connectivity index (χ0v) is 20.7. The van der Waals surface area contributed by atoms with Crippen LogP contribution in [0.3, 0.4) is 0 Å². The van der Waals surface area contributed by atoms with Crippen LogP contribution in [0.2, 0.25) is 0 Å². The van der Waals surface area contributed by atoms with Gasteiger partial charge in [-0.2, -0.15) is 0 Å². The molecular formula is C24H44O5. The predicted molar refractivity (Wildman–Crippen MR) is 118 cm³/mol. The Morgan fingerprint density at radius 2 is 1.41 bits per heavy atom. The highest BCUT2D eigenvalue weighted by atomic mass is 16.6. The second-order valence-corrected chi connectivity index (χ2v) is 11.6. The van der Waals surface area contributed by atoms with E-state index in [2.05, 4.69) is 48.1 Å². The van der Waals surface area contributed by atoms with Crippen LogP contribution in [0.25, 0.3) is 0 Å². The lowest BCUT2D eigenvalue weighted by atomic mass is 9.72. The summed E-state index contributed by atoms with van der Waals surface area (Å²) in [7, 11) is 0. The molecule has 1 unspecified atom stereocenters. The van der Waals surface area contributed by atoms with Gasteiger partial charge >= 0.3 is 11.9 Å². The van der Waals surface area contributed by atoms with Gasteiger partial charge in [0.05, 0.1) is 24.7 Å². The molecule has 0 N–H and O–H groups in total. The van der Waals surface area contributed by atoms with E-state index in [0.29, 0.717) is 12.0 Å². The maximum atomic E-state index is 12.7. The van der Waals surface area contributed by atoms with Crippen LogP contribution in [0.5, 0.6) is 0 Å². The Morgan fingerprint density at radius 3 is 1.83 bits per heavy atom. The van der Waals surface area contributed by atoms with Crippen molar-refractivity contribution in [1.29, 1.82) is 0 Å². The lowest BCUT2D eigenvalue weighted by Gasteiger charge is -2.34. The fraction of sp³-hybridized carbons (Fsp3) is 0.833. The molecule has 0 amide bonds. The van der Waals surface area contributed by atoms with Gasteiger partial charge in [-0.05, 0) is 51.9 Å². The Hall–Kier alpha value is -1.36. The monoisotopic (exact) mass is 412 g/mol. The van der Waals surface area contributed by atoms with Gasteiger partial charge in [-0.15, -0.1) is 0 Å². The van der Waals surface area contributed by atoms with E-state index in [9.17, 15) is 9.59 Å². The topological polar surface area (TPSA) is 61.8 Å². The molecule has 0 aliphatic heterocycles. The van der Waals surface area contributed by atoms with Crippen LogP contribution in [-0.4, -0.2) is 36.4 Å².